The Bertz CT molecular complexity index is 823. The Hall–Kier alpha value is -2.69. The van der Waals surface area contributed by atoms with Gasteiger partial charge >= 0.3 is 5.97 Å². The molecule has 2 rings (SSSR count). The normalized spacial score (nSPS) is 18.1. The number of amides is 1. The van der Waals surface area contributed by atoms with Crippen LogP contribution in [0, 0.1) is 10.1 Å². The third-order valence-electron chi connectivity index (χ3n) is 3.73. The largest absolute Gasteiger partial charge is 0.452 e. The lowest BCUT2D eigenvalue weighted by atomic mass is 10.1. The second-order valence-electron chi connectivity index (χ2n) is 5.76. The molecule has 0 spiro atoms. The minimum atomic E-state index is -3.13. The molecule has 142 valence electrons. The van der Waals surface area contributed by atoms with Gasteiger partial charge in [0.25, 0.3) is 11.6 Å². The van der Waals surface area contributed by atoms with Gasteiger partial charge in [-0.3, -0.25) is 14.9 Å². The Morgan fingerprint density at radius 3 is 2.69 bits per heavy atom. The lowest BCUT2D eigenvalue weighted by Gasteiger charge is -2.11. The molecule has 1 saturated heterocycles. The number of sulfone groups is 1. The molecule has 0 aromatic heterocycles. The molecule has 0 radical (unpaired) electrons. The predicted octanol–water partition coefficient (Wildman–Crippen LogP) is 0.487. The molecule has 1 aromatic rings. The minimum Gasteiger partial charge on any atom is -0.452 e. The monoisotopic (exact) mass is 385 g/mol. The number of carbonyl (C=O) groups excluding carboxylic acids is 2. The molecular weight excluding hydrogens is 366 g/mol. The number of nitro groups is 1. The fraction of sp³-hybridized carbons (Fsp3) is 0.467. The molecule has 0 bridgehead atoms. The van der Waals surface area contributed by atoms with E-state index in [0.29, 0.717) is 13.0 Å². The van der Waals surface area contributed by atoms with Crippen molar-refractivity contribution in [3.8, 4) is 0 Å². The summed E-state index contributed by atoms with van der Waals surface area (Å²) in [4.78, 5) is 34.2. The minimum absolute atomic E-state index is 0.0134. The molecule has 0 saturated carbocycles. The molecule has 10 nitrogen and oxygen atoms in total. The van der Waals surface area contributed by atoms with Crippen LogP contribution in [0.4, 0.5) is 11.4 Å². The second kappa shape index (κ2) is 8.13. The summed E-state index contributed by atoms with van der Waals surface area (Å²) in [6, 6.07) is 3.32. The topological polar surface area (TPSA) is 145 Å². The zero-order valence-electron chi connectivity index (χ0n) is 14.1. The van der Waals surface area contributed by atoms with Crippen LogP contribution in [0.3, 0.4) is 0 Å². The number of nitrogens with zero attached hydrogens (tertiary/aromatic N) is 1. The van der Waals surface area contributed by atoms with Crippen LogP contribution in [0.5, 0.6) is 0 Å². The zero-order chi connectivity index (χ0) is 19.3. The van der Waals surface area contributed by atoms with E-state index in [0.717, 1.165) is 6.07 Å². The van der Waals surface area contributed by atoms with Crippen molar-refractivity contribution in [1.29, 1.82) is 0 Å². The molecular formula is C15H19N3O7S. The van der Waals surface area contributed by atoms with Crippen LogP contribution in [-0.4, -0.2) is 55.9 Å². The maximum atomic E-state index is 12.0. The average molecular weight is 385 g/mol. The molecule has 0 unspecified atom stereocenters. The van der Waals surface area contributed by atoms with Gasteiger partial charge in [0.05, 0.1) is 22.0 Å². The molecule has 1 aromatic carbocycles. The molecule has 1 atom stereocenters. The summed E-state index contributed by atoms with van der Waals surface area (Å²) in [7, 11) is -3.13. The van der Waals surface area contributed by atoms with E-state index in [1.54, 1.807) is 6.92 Å². The number of hydrogen-bond acceptors (Lipinski definition) is 8. The summed E-state index contributed by atoms with van der Waals surface area (Å²) in [6.45, 7) is 1.65. The highest BCUT2D eigenvalue weighted by Gasteiger charge is 2.29. The maximum Gasteiger partial charge on any atom is 0.338 e. The summed E-state index contributed by atoms with van der Waals surface area (Å²) < 4.78 is 27.5. The van der Waals surface area contributed by atoms with Crippen molar-refractivity contribution in [2.75, 3.05) is 30.0 Å². The molecule has 2 N–H and O–H groups in total. The van der Waals surface area contributed by atoms with Crippen molar-refractivity contribution in [3.05, 3.63) is 33.9 Å². The van der Waals surface area contributed by atoms with Crippen molar-refractivity contribution >= 4 is 33.1 Å². The molecule has 26 heavy (non-hydrogen) atoms. The number of carbonyl (C=O) groups is 2. The summed E-state index contributed by atoms with van der Waals surface area (Å²) in [5.74, 6) is -1.63. The van der Waals surface area contributed by atoms with Crippen molar-refractivity contribution in [1.82, 2.24) is 5.32 Å². The van der Waals surface area contributed by atoms with Gasteiger partial charge in [-0.15, -0.1) is 0 Å². The Morgan fingerprint density at radius 2 is 2.12 bits per heavy atom. The van der Waals surface area contributed by atoms with Crippen molar-refractivity contribution in [2.24, 2.45) is 0 Å². The summed E-state index contributed by atoms with van der Waals surface area (Å²) in [6.07, 6.45) is 0.320. The molecule has 1 aliphatic rings. The van der Waals surface area contributed by atoms with Gasteiger partial charge in [-0.05, 0) is 25.5 Å². The zero-order valence-corrected chi connectivity index (χ0v) is 14.9. The Kier molecular flexibility index (Phi) is 6.14. The van der Waals surface area contributed by atoms with Crippen LogP contribution in [0.2, 0.25) is 0 Å². The first-order chi connectivity index (χ1) is 12.2. The van der Waals surface area contributed by atoms with E-state index in [2.05, 4.69) is 10.6 Å². The van der Waals surface area contributed by atoms with Gasteiger partial charge in [-0.1, -0.05) is 0 Å². The van der Waals surface area contributed by atoms with Gasteiger partial charge in [-0.2, -0.15) is 0 Å². The summed E-state index contributed by atoms with van der Waals surface area (Å²) in [5.41, 5.74) is -0.0641. The van der Waals surface area contributed by atoms with E-state index in [-0.39, 0.29) is 28.4 Å². The van der Waals surface area contributed by atoms with Crippen LogP contribution in [0.1, 0.15) is 23.7 Å². The first kappa shape index (κ1) is 19.6. The Labute approximate surface area is 150 Å². The molecule has 11 heteroatoms. The van der Waals surface area contributed by atoms with Gasteiger partial charge in [0.15, 0.2) is 16.4 Å². The Morgan fingerprint density at radius 1 is 1.38 bits per heavy atom. The number of ether oxygens (including phenoxy) is 1. The highest BCUT2D eigenvalue weighted by molar-refractivity contribution is 7.91. The van der Waals surface area contributed by atoms with Crippen molar-refractivity contribution in [3.63, 3.8) is 0 Å². The third kappa shape index (κ3) is 5.15. The Balaban J connectivity index is 1.94. The molecule has 0 aliphatic carbocycles. The standard InChI is InChI=1S/C15H19N3O7S/c1-2-16-12-4-3-10(7-13(12)18(21)22)15(20)25-8-14(19)17-11-5-6-26(23,24)9-11/h3-4,7,11,16H,2,5-6,8-9H2,1H3,(H,17,19)/t11-/m1/s1. The lowest BCUT2D eigenvalue weighted by Crippen LogP contribution is -2.38. The second-order valence-corrected chi connectivity index (χ2v) is 7.99. The first-order valence-electron chi connectivity index (χ1n) is 7.91. The quantitative estimate of drug-likeness (QED) is 0.392. The van der Waals surface area contributed by atoms with Gasteiger partial charge in [0.1, 0.15) is 5.69 Å². The van der Waals surface area contributed by atoms with E-state index in [9.17, 15) is 28.1 Å². The number of benzene rings is 1. The highest BCUT2D eigenvalue weighted by Crippen LogP contribution is 2.25. The smallest absolute Gasteiger partial charge is 0.338 e. The first-order valence-corrected chi connectivity index (χ1v) is 9.73. The lowest BCUT2D eigenvalue weighted by molar-refractivity contribution is -0.384. The van der Waals surface area contributed by atoms with E-state index in [1.807, 2.05) is 0 Å². The van der Waals surface area contributed by atoms with Gasteiger partial charge in [-0.25, -0.2) is 13.2 Å². The fourth-order valence-corrected chi connectivity index (χ4v) is 4.22. The van der Waals surface area contributed by atoms with Gasteiger partial charge < -0.3 is 15.4 Å². The number of nitrogens with one attached hydrogen (secondary N) is 2. The van der Waals surface area contributed by atoms with Crippen LogP contribution < -0.4 is 10.6 Å². The average Bonchev–Trinajstić information content (AvgIpc) is 2.91. The fourth-order valence-electron chi connectivity index (χ4n) is 2.54. The van der Waals surface area contributed by atoms with Crippen molar-refractivity contribution in [2.45, 2.75) is 19.4 Å². The molecule has 1 amide bonds. The predicted molar refractivity (Wildman–Crippen MR) is 92.7 cm³/mol. The number of esters is 1. The molecule has 1 fully saturated rings. The molecule has 1 aliphatic heterocycles. The van der Waals surface area contributed by atoms with Gasteiger partial charge in [0, 0.05) is 18.7 Å². The number of nitro benzene ring substituents is 1. The van der Waals surface area contributed by atoms with Crippen LogP contribution >= 0.6 is 0 Å². The van der Waals surface area contributed by atoms with E-state index in [1.165, 1.54) is 12.1 Å². The number of anilines is 1. The van der Waals surface area contributed by atoms with Gasteiger partial charge in [0.2, 0.25) is 0 Å². The van der Waals surface area contributed by atoms with E-state index in [4.69, 9.17) is 4.74 Å². The maximum absolute atomic E-state index is 12.0. The summed E-state index contributed by atoms with van der Waals surface area (Å²) in [5, 5.41) is 16.4. The highest BCUT2D eigenvalue weighted by atomic mass is 32.2. The summed E-state index contributed by atoms with van der Waals surface area (Å²) >= 11 is 0. The van der Waals surface area contributed by atoms with Crippen LogP contribution in [-0.2, 0) is 19.4 Å². The number of rotatable bonds is 7. The SMILES string of the molecule is CCNc1ccc(C(=O)OCC(=O)N[C@@H]2CCS(=O)(=O)C2)cc1[N+](=O)[O-]. The van der Waals surface area contributed by atoms with Crippen LogP contribution in [0.15, 0.2) is 18.2 Å². The molecule has 1 heterocycles. The van der Waals surface area contributed by atoms with Crippen molar-refractivity contribution < 1.29 is 27.7 Å². The van der Waals surface area contributed by atoms with E-state index < -0.39 is 39.3 Å². The number of hydrogen-bond donors (Lipinski definition) is 2. The van der Waals surface area contributed by atoms with Crippen LogP contribution in [0.25, 0.3) is 0 Å². The third-order valence-corrected chi connectivity index (χ3v) is 5.50. The van der Waals surface area contributed by atoms with E-state index >= 15 is 0 Å².